The largest absolute Gasteiger partial charge is 0.504 e. The molecule has 5 atom stereocenters. The van der Waals surface area contributed by atoms with E-state index in [0.29, 0.717) is 24.2 Å². The van der Waals surface area contributed by atoms with Gasteiger partial charge in [-0.1, -0.05) is 36.4 Å². The van der Waals surface area contributed by atoms with Gasteiger partial charge < -0.3 is 27.7 Å². The number of rotatable bonds is 6. The third-order valence-corrected chi connectivity index (χ3v) is 10.4. The summed E-state index contributed by atoms with van der Waals surface area (Å²) in [4.78, 5) is 16.0. The summed E-state index contributed by atoms with van der Waals surface area (Å²) in [5.41, 5.74) is 2.38. The van der Waals surface area contributed by atoms with Crippen molar-refractivity contribution in [1.82, 2.24) is 10.2 Å². The zero-order valence-electron chi connectivity index (χ0n) is 23.6. The highest BCUT2D eigenvalue weighted by molar-refractivity contribution is 5.94. The van der Waals surface area contributed by atoms with Crippen LogP contribution in [0.1, 0.15) is 59.2 Å². The Morgan fingerprint density at radius 2 is 1.83 bits per heavy atom. The first kappa shape index (κ1) is 26.5. The number of hydrogen-bond donors (Lipinski definition) is 3. The zero-order chi connectivity index (χ0) is 27.1. The van der Waals surface area contributed by atoms with Crippen LogP contribution in [0.3, 0.4) is 0 Å². The van der Waals surface area contributed by atoms with Gasteiger partial charge in [-0.15, -0.1) is 0 Å². The normalized spacial score (nSPS) is 31.0. The Morgan fingerprint density at radius 1 is 1.05 bits per heavy atom. The van der Waals surface area contributed by atoms with Gasteiger partial charge in [-0.3, -0.25) is 9.69 Å². The van der Waals surface area contributed by atoms with Gasteiger partial charge in [0.1, 0.15) is 6.10 Å². The van der Waals surface area contributed by atoms with Gasteiger partial charge >= 0.3 is 0 Å². The molecule has 2 bridgehead atoms. The molecule has 214 valence electrons. The van der Waals surface area contributed by atoms with E-state index in [1.165, 1.54) is 24.0 Å². The van der Waals surface area contributed by atoms with Crippen LogP contribution in [-0.4, -0.2) is 57.9 Å². The van der Waals surface area contributed by atoms with Gasteiger partial charge in [-0.2, -0.15) is 0 Å². The molecule has 7 nitrogen and oxygen atoms in total. The quantitative estimate of drug-likeness (QED) is 0.321. The van der Waals surface area contributed by atoms with Gasteiger partial charge in [0.05, 0.1) is 22.6 Å². The van der Waals surface area contributed by atoms with Crippen LogP contribution in [0.2, 0.25) is 0 Å². The Balaban J connectivity index is 0.00000276. The molecule has 3 aromatic rings. The summed E-state index contributed by atoms with van der Waals surface area (Å²) in [6.07, 6.45) is 8.79. The number of carbonyl (C=O) groups is 1. The maximum absolute atomic E-state index is 13.5. The van der Waals surface area contributed by atoms with Crippen LogP contribution in [0, 0.1) is 13.3 Å². The monoisotopic (exact) mass is 553 g/mol. The summed E-state index contributed by atoms with van der Waals surface area (Å²) in [5.74, 6) is 1.25. The van der Waals surface area contributed by atoms with Crippen molar-refractivity contribution in [3.05, 3.63) is 96.7 Å². The topological polar surface area (TPSA) is 85.9 Å². The number of amides is 1. The highest BCUT2D eigenvalue weighted by Crippen LogP contribution is 2.65. The maximum Gasteiger partial charge on any atom is 0.252 e. The number of nitrogens with one attached hydrogen (secondary N) is 1. The molecule has 1 unspecified atom stereocenters. The van der Waals surface area contributed by atoms with Crippen LogP contribution in [-0.2, 0) is 18.4 Å². The first-order valence-electron chi connectivity index (χ1n) is 14.8. The average molecular weight is 554 g/mol. The van der Waals surface area contributed by atoms with Crippen LogP contribution in [0.5, 0.6) is 11.5 Å². The molecule has 3 fully saturated rings. The highest BCUT2D eigenvalue weighted by atomic mass is 16.5. The van der Waals surface area contributed by atoms with Crippen molar-refractivity contribution in [3.63, 3.8) is 0 Å². The highest BCUT2D eigenvalue weighted by Gasteiger charge is 2.73. The van der Waals surface area contributed by atoms with Gasteiger partial charge in [-0.25, -0.2) is 4.57 Å². The minimum Gasteiger partial charge on any atom is -0.504 e. The van der Waals surface area contributed by atoms with Gasteiger partial charge in [-0.05, 0) is 62.6 Å². The predicted molar refractivity (Wildman–Crippen MR) is 155 cm³/mol. The Hall–Kier alpha value is -3.42. The molecule has 8 rings (SSSR count). The molecule has 3 heterocycles. The summed E-state index contributed by atoms with van der Waals surface area (Å²) < 4.78 is 8.65. The fourth-order valence-corrected chi connectivity index (χ4v) is 8.39. The molecule has 2 aliphatic heterocycles. The molecule has 3 N–H and O–H groups in total. The molecule has 1 saturated heterocycles. The molecule has 2 aromatic carbocycles. The van der Waals surface area contributed by atoms with Crippen LogP contribution in [0.4, 0.5) is 0 Å². The number of carbonyl (C=O) groups excluding carboxylic acids is 1. The molecule has 2 saturated carbocycles. The molecule has 5 aliphatic rings. The fourth-order valence-electron chi connectivity index (χ4n) is 8.39. The van der Waals surface area contributed by atoms with E-state index in [-0.39, 0.29) is 31.2 Å². The predicted octanol–water partition coefficient (Wildman–Crippen LogP) is 3.54. The van der Waals surface area contributed by atoms with E-state index in [2.05, 4.69) is 26.9 Å². The summed E-state index contributed by atoms with van der Waals surface area (Å²) >= 11 is 0. The number of nitrogens with zero attached hydrogens (tertiary/aromatic N) is 2. The molecular formula is C34H39N3O4. The second kappa shape index (κ2) is 9.57. The molecule has 1 spiro atoms. The van der Waals surface area contributed by atoms with Gasteiger partial charge in [0, 0.05) is 35.8 Å². The van der Waals surface area contributed by atoms with Crippen LogP contribution in [0.25, 0.3) is 0 Å². The number of benzene rings is 2. The lowest BCUT2D eigenvalue weighted by molar-refractivity contribution is -0.688. The van der Waals surface area contributed by atoms with Gasteiger partial charge in [0.2, 0.25) is 0 Å². The lowest BCUT2D eigenvalue weighted by Gasteiger charge is -2.64. The average Bonchev–Trinajstić information content (AvgIpc) is 3.71. The number of phenols is 1. The van der Waals surface area contributed by atoms with E-state index >= 15 is 0 Å². The number of ether oxygens (including phenoxy) is 1. The second-order valence-corrected chi connectivity index (χ2v) is 12.7. The van der Waals surface area contributed by atoms with E-state index in [4.69, 9.17) is 4.74 Å². The summed E-state index contributed by atoms with van der Waals surface area (Å²) in [7, 11) is 0. The van der Waals surface area contributed by atoms with Crippen molar-refractivity contribution >= 4 is 5.91 Å². The Kier molecular flexibility index (Phi) is 6.18. The standard InChI is InChI=1S/C33H35N3O4.CH3/c37-26-9-8-24-18-27-33(39)13-10-25(30-32(33,28(24)29(26)40-30)14-17-36(27)20-22-6-7-22)34-31(38)23-11-15-35(16-12-23)19-21-4-2-1-3-5-21;/h1-5,8-9,11-12,15-16,22,25,27,30,39H,6-7,10,13-14,17-20H2,(H-,34,37,38);1H3/q;-1/p+1/t25-,27-,30?,32+,33-;/m1./s1. The Bertz CT molecular complexity index is 1470. The van der Waals surface area contributed by atoms with Gasteiger partial charge in [0.25, 0.3) is 5.91 Å². The van der Waals surface area contributed by atoms with Crippen molar-refractivity contribution in [2.24, 2.45) is 5.92 Å². The summed E-state index contributed by atoms with van der Waals surface area (Å²) in [6.45, 7) is 2.69. The van der Waals surface area contributed by atoms with E-state index in [9.17, 15) is 15.0 Å². The second-order valence-electron chi connectivity index (χ2n) is 12.7. The van der Waals surface area contributed by atoms with Crippen LogP contribution in [0.15, 0.2) is 67.0 Å². The smallest absolute Gasteiger partial charge is 0.252 e. The Labute approximate surface area is 241 Å². The minimum absolute atomic E-state index is 0. The molecule has 1 amide bonds. The molecule has 0 radical (unpaired) electrons. The molecule has 41 heavy (non-hydrogen) atoms. The van der Waals surface area contributed by atoms with Crippen molar-refractivity contribution < 1.29 is 24.3 Å². The number of hydrogen-bond acceptors (Lipinski definition) is 5. The lowest BCUT2D eigenvalue weighted by atomic mass is 9.48. The first-order chi connectivity index (χ1) is 19.5. The van der Waals surface area contributed by atoms with E-state index in [1.54, 1.807) is 6.07 Å². The van der Waals surface area contributed by atoms with Crippen LogP contribution < -0.4 is 14.6 Å². The van der Waals surface area contributed by atoms with Crippen molar-refractivity contribution in [2.75, 3.05) is 13.1 Å². The van der Waals surface area contributed by atoms with Crippen molar-refractivity contribution in [2.45, 2.75) is 74.3 Å². The number of piperidine rings is 1. The number of likely N-dealkylation sites (tertiary alicyclic amines) is 1. The van der Waals surface area contributed by atoms with Crippen LogP contribution >= 0.6 is 0 Å². The summed E-state index contributed by atoms with van der Waals surface area (Å²) in [6, 6.07) is 17.5. The number of aromatic hydroxyl groups is 1. The molecule has 7 heteroatoms. The maximum atomic E-state index is 13.5. The lowest BCUT2D eigenvalue weighted by Crippen LogP contribution is -2.78. The Morgan fingerprint density at radius 3 is 2.59 bits per heavy atom. The third-order valence-electron chi connectivity index (χ3n) is 10.4. The number of pyridine rings is 1. The third kappa shape index (κ3) is 3.92. The molecular weight excluding hydrogens is 514 g/mol. The number of phenolic OH excluding ortho intramolecular Hbond substituents is 1. The van der Waals surface area contributed by atoms with E-state index in [0.717, 1.165) is 44.0 Å². The fraction of sp³-hybridized carbons (Fsp3) is 0.441. The summed E-state index contributed by atoms with van der Waals surface area (Å²) in [5, 5.41) is 26.7. The zero-order valence-corrected chi connectivity index (χ0v) is 23.6. The number of aromatic nitrogens is 1. The van der Waals surface area contributed by atoms with E-state index < -0.39 is 17.1 Å². The SMILES string of the molecule is O=C(N[C@@H]1CC[C@@]2(O)[C@H]3Cc4ccc(O)c5c4[C@@]2(CCN3CC2CC2)C1O5)c1cc[n+](Cc2ccccc2)cc1.[CH3-]. The molecule has 3 aliphatic carbocycles. The first-order valence-corrected chi connectivity index (χ1v) is 14.8. The van der Waals surface area contributed by atoms with Crippen molar-refractivity contribution in [3.8, 4) is 11.5 Å². The number of aliphatic hydroxyl groups is 1. The van der Waals surface area contributed by atoms with E-state index in [1.807, 2.05) is 48.8 Å². The van der Waals surface area contributed by atoms with Gasteiger partial charge in [0.15, 0.2) is 30.4 Å². The molecule has 1 aromatic heterocycles. The minimum atomic E-state index is -0.951. The van der Waals surface area contributed by atoms with Crippen molar-refractivity contribution in [1.29, 1.82) is 0 Å².